The molecule has 6 nitrogen and oxygen atoms in total. The van der Waals surface area contributed by atoms with E-state index in [0.717, 1.165) is 6.54 Å². The molecule has 0 saturated heterocycles. The summed E-state index contributed by atoms with van der Waals surface area (Å²) in [5, 5.41) is 0.347. The molecule has 2 rings (SSSR count). The number of methoxy groups -OCH3 is 1. The highest BCUT2D eigenvalue weighted by Crippen LogP contribution is 2.31. The van der Waals surface area contributed by atoms with Crippen LogP contribution >= 0.6 is 11.6 Å². The number of halogens is 1. The van der Waals surface area contributed by atoms with Crippen LogP contribution in [0.4, 0.5) is 5.69 Å². The minimum atomic E-state index is -3.00. The minimum absolute atomic E-state index is 0.307. The second-order valence-electron chi connectivity index (χ2n) is 6.32. The summed E-state index contributed by atoms with van der Waals surface area (Å²) in [6.45, 7) is 4.62. The van der Waals surface area contributed by atoms with Crippen molar-refractivity contribution < 1.29 is 13.7 Å². The number of rotatable bonds is 6. The minimum Gasteiger partial charge on any atom is -0.497 e. The molecule has 0 bridgehead atoms. The maximum absolute atomic E-state index is 13.2. The topological polar surface area (TPSA) is 71.3 Å². The van der Waals surface area contributed by atoms with E-state index in [1.807, 2.05) is 18.9 Å². The number of ether oxygens (including phenoxy) is 1. The van der Waals surface area contributed by atoms with Crippen LogP contribution in [0, 0.1) is 6.92 Å². The molecule has 150 valence electrons. The Kier molecular flexibility index (Phi) is 7.21. The molecule has 28 heavy (non-hydrogen) atoms. The molecule has 1 amide bonds. The summed E-state index contributed by atoms with van der Waals surface area (Å²) in [5.74, 6) is -0.0456. The second-order valence-corrected chi connectivity index (χ2v) is 8.95. The van der Waals surface area contributed by atoms with Crippen molar-refractivity contribution in [1.82, 2.24) is 4.90 Å². The fourth-order valence-corrected chi connectivity index (χ4v) is 4.20. The molecule has 0 N–H and O–H groups in total. The number of amides is 1. The Morgan fingerprint density at radius 1 is 1.32 bits per heavy atom. The second kappa shape index (κ2) is 9.21. The van der Waals surface area contributed by atoms with Crippen molar-refractivity contribution in [2.45, 2.75) is 18.7 Å². The lowest BCUT2D eigenvalue weighted by molar-refractivity contribution is 0.100. The Hall–Kier alpha value is -2.38. The highest BCUT2D eigenvalue weighted by Gasteiger charge is 2.16. The van der Waals surface area contributed by atoms with E-state index in [4.69, 9.17) is 16.3 Å². The molecule has 1 unspecified atom stereocenters. The van der Waals surface area contributed by atoms with E-state index in [2.05, 4.69) is 9.36 Å². The van der Waals surface area contributed by atoms with Gasteiger partial charge in [0.2, 0.25) is 0 Å². The van der Waals surface area contributed by atoms with Gasteiger partial charge in [0.15, 0.2) is 0 Å². The zero-order chi connectivity index (χ0) is 20.9. The first-order chi connectivity index (χ1) is 13.2. The van der Waals surface area contributed by atoms with Crippen molar-refractivity contribution in [1.29, 1.82) is 0 Å². The maximum atomic E-state index is 13.2. The van der Waals surface area contributed by atoms with Crippen molar-refractivity contribution in [3.8, 4) is 5.75 Å². The highest BCUT2D eigenvalue weighted by atomic mass is 35.5. The maximum Gasteiger partial charge on any atom is 0.285 e. The Bertz CT molecular complexity index is 1030. The summed E-state index contributed by atoms with van der Waals surface area (Å²) in [4.78, 5) is 19.2. The van der Waals surface area contributed by atoms with Crippen LogP contribution in [0.2, 0.25) is 5.02 Å². The van der Waals surface area contributed by atoms with Crippen LogP contribution in [0.15, 0.2) is 50.6 Å². The van der Waals surface area contributed by atoms with Gasteiger partial charge in [-0.25, -0.2) is 9.20 Å². The van der Waals surface area contributed by atoms with Crippen molar-refractivity contribution in [3.05, 3.63) is 52.5 Å². The SMILES string of the molecule is CCN(C)C=Nc1cc(C)c(S(C)(=O)=NC(=O)c2cccc(OC)c2)cc1Cl. The molecule has 0 fully saturated rings. The standard InChI is InChI=1S/C20H24ClN3O3S/c1-6-24(3)13-22-18-10-14(2)19(12-17(18)21)28(5,26)23-20(25)15-8-7-9-16(11-15)27-4/h7-13H,6H2,1-5H3. The first-order valence-electron chi connectivity index (χ1n) is 8.63. The summed E-state index contributed by atoms with van der Waals surface area (Å²) >= 11 is 6.33. The monoisotopic (exact) mass is 421 g/mol. The zero-order valence-electron chi connectivity index (χ0n) is 16.6. The Morgan fingerprint density at radius 2 is 2.04 bits per heavy atom. The molecular formula is C20H24ClN3O3S. The average Bonchev–Trinajstić information content (AvgIpc) is 2.67. The van der Waals surface area contributed by atoms with Crippen LogP contribution in [-0.2, 0) is 9.73 Å². The van der Waals surface area contributed by atoms with E-state index in [1.165, 1.54) is 13.4 Å². The number of hydrogen-bond donors (Lipinski definition) is 0. The molecule has 0 spiro atoms. The van der Waals surface area contributed by atoms with E-state index in [0.29, 0.717) is 32.5 Å². The van der Waals surface area contributed by atoms with Crippen LogP contribution in [0.3, 0.4) is 0 Å². The number of nitrogens with zero attached hydrogens (tertiary/aromatic N) is 3. The lowest BCUT2D eigenvalue weighted by atomic mass is 10.2. The highest BCUT2D eigenvalue weighted by molar-refractivity contribution is 7.93. The van der Waals surface area contributed by atoms with Gasteiger partial charge in [0.25, 0.3) is 5.91 Å². The lowest BCUT2D eigenvalue weighted by Gasteiger charge is -2.12. The molecule has 0 saturated carbocycles. The fourth-order valence-electron chi connectivity index (χ4n) is 2.41. The van der Waals surface area contributed by atoms with Crippen LogP contribution in [0.5, 0.6) is 5.75 Å². The van der Waals surface area contributed by atoms with Crippen LogP contribution in [0.1, 0.15) is 22.8 Å². The van der Waals surface area contributed by atoms with Gasteiger partial charge in [-0.1, -0.05) is 17.7 Å². The van der Waals surface area contributed by atoms with Crippen molar-refractivity contribution in [3.63, 3.8) is 0 Å². The van der Waals surface area contributed by atoms with E-state index < -0.39 is 15.6 Å². The van der Waals surface area contributed by atoms with Gasteiger partial charge in [-0.3, -0.25) is 4.79 Å². The van der Waals surface area contributed by atoms with Gasteiger partial charge in [-0.05, 0) is 49.7 Å². The zero-order valence-corrected chi connectivity index (χ0v) is 18.2. The predicted octanol–water partition coefficient (Wildman–Crippen LogP) is 4.57. The first kappa shape index (κ1) is 21.9. The Balaban J connectivity index is 2.43. The first-order valence-corrected chi connectivity index (χ1v) is 10.9. The summed E-state index contributed by atoms with van der Waals surface area (Å²) in [6.07, 6.45) is 3.11. The van der Waals surface area contributed by atoms with Crippen molar-refractivity contribution in [2.75, 3.05) is 27.0 Å². The largest absolute Gasteiger partial charge is 0.497 e. The summed E-state index contributed by atoms with van der Waals surface area (Å²) < 4.78 is 22.3. The summed E-state index contributed by atoms with van der Waals surface area (Å²) in [6, 6.07) is 9.88. The Morgan fingerprint density at radius 3 is 2.68 bits per heavy atom. The van der Waals surface area contributed by atoms with Crippen LogP contribution in [0.25, 0.3) is 0 Å². The molecule has 0 heterocycles. The van der Waals surface area contributed by atoms with Gasteiger partial charge in [-0.15, -0.1) is 0 Å². The molecule has 0 radical (unpaired) electrons. The molecule has 0 aromatic heterocycles. The van der Waals surface area contributed by atoms with E-state index >= 15 is 0 Å². The number of carbonyl (C=O) groups excluding carboxylic acids is 1. The van der Waals surface area contributed by atoms with E-state index in [9.17, 15) is 9.00 Å². The van der Waals surface area contributed by atoms with Gasteiger partial charge < -0.3 is 9.64 Å². The molecule has 2 aromatic rings. The average molecular weight is 422 g/mol. The quantitative estimate of drug-likeness (QED) is 0.506. The number of benzene rings is 2. The van der Waals surface area contributed by atoms with Crippen LogP contribution in [-0.4, -0.2) is 48.3 Å². The summed E-state index contributed by atoms with van der Waals surface area (Å²) in [5.41, 5.74) is 1.57. The molecule has 1 atom stereocenters. The van der Waals surface area contributed by atoms with Crippen molar-refractivity contribution in [2.24, 2.45) is 9.36 Å². The number of aryl methyl sites for hydroxylation is 1. The number of aliphatic imine (C=N–C) groups is 1. The van der Waals surface area contributed by atoms with Gasteiger partial charge in [0, 0.05) is 25.4 Å². The fraction of sp³-hybridized carbons (Fsp3) is 0.300. The molecule has 2 aromatic carbocycles. The predicted molar refractivity (Wildman–Crippen MR) is 115 cm³/mol. The Labute approximate surface area is 171 Å². The third-order valence-corrected chi connectivity index (χ3v) is 6.19. The molecule has 8 heteroatoms. The molecule has 0 aliphatic carbocycles. The van der Waals surface area contributed by atoms with Gasteiger partial charge in [0.1, 0.15) is 5.75 Å². The third-order valence-electron chi connectivity index (χ3n) is 4.12. The van der Waals surface area contributed by atoms with Crippen LogP contribution < -0.4 is 4.74 Å². The number of carbonyl (C=O) groups is 1. The molecular weight excluding hydrogens is 398 g/mol. The van der Waals surface area contributed by atoms with Gasteiger partial charge >= 0.3 is 0 Å². The molecule has 0 aliphatic heterocycles. The van der Waals surface area contributed by atoms with Gasteiger partial charge in [0.05, 0.1) is 38.8 Å². The van der Waals surface area contributed by atoms with Gasteiger partial charge in [-0.2, -0.15) is 4.36 Å². The smallest absolute Gasteiger partial charge is 0.285 e. The summed E-state index contributed by atoms with van der Waals surface area (Å²) in [7, 11) is 0.419. The number of hydrogen-bond acceptors (Lipinski definition) is 4. The van der Waals surface area contributed by atoms with E-state index in [-0.39, 0.29) is 0 Å². The normalized spacial score (nSPS) is 13.2. The van der Waals surface area contributed by atoms with Crippen molar-refractivity contribution >= 4 is 39.3 Å². The molecule has 0 aliphatic rings. The lowest BCUT2D eigenvalue weighted by Crippen LogP contribution is -2.14. The third kappa shape index (κ3) is 5.33. The van der Waals surface area contributed by atoms with E-state index in [1.54, 1.807) is 49.7 Å².